The highest BCUT2D eigenvalue weighted by Gasteiger charge is 2.13. The summed E-state index contributed by atoms with van der Waals surface area (Å²) in [5.41, 5.74) is -0.374. The quantitative estimate of drug-likeness (QED) is 0.762. The minimum absolute atomic E-state index is 0.198. The Morgan fingerprint density at radius 3 is 2.65 bits per heavy atom. The van der Waals surface area contributed by atoms with Gasteiger partial charge in [0.1, 0.15) is 11.6 Å². The Hall–Kier alpha value is -1.21. The van der Waals surface area contributed by atoms with E-state index in [-0.39, 0.29) is 18.0 Å². The van der Waals surface area contributed by atoms with Crippen molar-refractivity contribution < 1.29 is 17.2 Å². The maximum absolute atomic E-state index is 13.2. The molecular weight excluding hydrogens is 250 g/mol. The molecule has 4 nitrogen and oxygen atoms in total. The van der Waals surface area contributed by atoms with Gasteiger partial charge in [-0.05, 0) is 18.7 Å². The van der Waals surface area contributed by atoms with Crippen LogP contribution in [0.5, 0.6) is 0 Å². The van der Waals surface area contributed by atoms with Crippen molar-refractivity contribution in [3.8, 4) is 0 Å². The van der Waals surface area contributed by atoms with E-state index < -0.39 is 21.7 Å². The molecule has 17 heavy (non-hydrogen) atoms. The average molecular weight is 264 g/mol. The van der Waals surface area contributed by atoms with Crippen LogP contribution in [-0.2, 0) is 10.0 Å². The normalized spacial score (nSPS) is 11.5. The molecule has 0 spiro atoms. The number of sulfonamides is 1. The van der Waals surface area contributed by atoms with Gasteiger partial charge in [-0.15, -0.1) is 0 Å². The monoisotopic (exact) mass is 264 g/mol. The summed E-state index contributed by atoms with van der Waals surface area (Å²) in [7, 11) is -3.67. The number of benzene rings is 1. The van der Waals surface area contributed by atoms with Crippen LogP contribution in [0, 0.1) is 11.6 Å². The first-order valence-corrected chi connectivity index (χ1v) is 6.76. The summed E-state index contributed by atoms with van der Waals surface area (Å²) < 4.78 is 51.0. The Morgan fingerprint density at radius 1 is 1.29 bits per heavy atom. The predicted octanol–water partition coefficient (Wildman–Crippen LogP) is 1.32. The lowest BCUT2D eigenvalue weighted by molar-refractivity contribution is 0.591. The molecule has 0 fully saturated rings. The Kier molecular flexibility index (Phi) is 4.83. The Morgan fingerprint density at radius 2 is 2.00 bits per heavy atom. The van der Waals surface area contributed by atoms with Gasteiger partial charge in [-0.1, -0.05) is 6.92 Å². The molecule has 0 saturated heterocycles. The van der Waals surface area contributed by atoms with E-state index in [1.165, 1.54) is 0 Å². The van der Waals surface area contributed by atoms with E-state index in [2.05, 4.69) is 5.32 Å². The van der Waals surface area contributed by atoms with Crippen LogP contribution < -0.4 is 10.0 Å². The number of rotatable bonds is 6. The molecule has 1 aromatic rings. The fourth-order valence-corrected chi connectivity index (χ4v) is 2.18. The van der Waals surface area contributed by atoms with Crippen LogP contribution in [0.3, 0.4) is 0 Å². The summed E-state index contributed by atoms with van der Waals surface area (Å²) in [5, 5.41) is 2.83. The molecule has 0 aliphatic heterocycles. The highest BCUT2D eigenvalue weighted by atomic mass is 32.2. The highest BCUT2D eigenvalue weighted by Crippen LogP contribution is 2.16. The Bertz CT molecular complexity index is 477. The van der Waals surface area contributed by atoms with Crippen LogP contribution in [-0.4, -0.2) is 27.3 Å². The SMILES string of the molecule is CCNCCS(=O)(=O)Nc1cc(F)ccc1F. The van der Waals surface area contributed by atoms with E-state index >= 15 is 0 Å². The minimum atomic E-state index is -3.67. The lowest BCUT2D eigenvalue weighted by Crippen LogP contribution is -2.26. The van der Waals surface area contributed by atoms with E-state index in [0.29, 0.717) is 6.54 Å². The summed E-state index contributed by atoms with van der Waals surface area (Å²) in [6, 6.07) is 2.60. The molecule has 1 aromatic carbocycles. The van der Waals surface area contributed by atoms with Crippen molar-refractivity contribution >= 4 is 15.7 Å². The molecule has 0 unspecified atom stereocenters. The lowest BCUT2D eigenvalue weighted by atomic mass is 10.3. The number of nitrogens with one attached hydrogen (secondary N) is 2. The molecule has 0 heterocycles. The van der Waals surface area contributed by atoms with Crippen molar-refractivity contribution in [3.63, 3.8) is 0 Å². The third kappa shape index (κ3) is 4.66. The molecule has 0 saturated carbocycles. The Labute approximate surface area is 99.1 Å². The number of anilines is 1. The van der Waals surface area contributed by atoms with E-state index in [4.69, 9.17) is 0 Å². The number of halogens is 2. The van der Waals surface area contributed by atoms with Gasteiger partial charge in [-0.3, -0.25) is 4.72 Å². The van der Waals surface area contributed by atoms with Crippen molar-refractivity contribution in [2.75, 3.05) is 23.6 Å². The molecule has 0 atom stereocenters. The van der Waals surface area contributed by atoms with Gasteiger partial charge in [-0.2, -0.15) is 0 Å². The van der Waals surface area contributed by atoms with Crippen molar-refractivity contribution in [2.24, 2.45) is 0 Å². The van der Waals surface area contributed by atoms with Crippen molar-refractivity contribution in [1.29, 1.82) is 0 Å². The van der Waals surface area contributed by atoms with Gasteiger partial charge in [0.15, 0.2) is 0 Å². The van der Waals surface area contributed by atoms with Gasteiger partial charge >= 0.3 is 0 Å². The van der Waals surface area contributed by atoms with Crippen molar-refractivity contribution in [2.45, 2.75) is 6.92 Å². The van der Waals surface area contributed by atoms with E-state index in [1.807, 2.05) is 11.6 Å². The third-order valence-corrected chi connectivity index (χ3v) is 3.26. The fourth-order valence-electron chi connectivity index (χ4n) is 1.18. The highest BCUT2D eigenvalue weighted by molar-refractivity contribution is 7.92. The number of hydrogen-bond acceptors (Lipinski definition) is 3. The first-order valence-electron chi connectivity index (χ1n) is 5.11. The molecule has 1 rings (SSSR count). The minimum Gasteiger partial charge on any atom is -0.316 e. The zero-order chi connectivity index (χ0) is 12.9. The summed E-state index contributed by atoms with van der Waals surface area (Å²) in [5.74, 6) is -1.70. The van der Waals surface area contributed by atoms with Crippen LogP contribution in [0.4, 0.5) is 14.5 Å². The molecule has 0 amide bonds. The van der Waals surface area contributed by atoms with Gasteiger partial charge in [0.25, 0.3) is 0 Å². The van der Waals surface area contributed by atoms with Crippen LogP contribution in [0.2, 0.25) is 0 Å². The maximum atomic E-state index is 13.2. The van der Waals surface area contributed by atoms with E-state index in [9.17, 15) is 17.2 Å². The van der Waals surface area contributed by atoms with Crippen molar-refractivity contribution in [3.05, 3.63) is 29.8 Å². The topological polar surface area (TPSA) is 58.2 Å². The number of hydrogen-bond donors (Lipinski definition) is 2. The second-order valence-electron chi connectivity index (χ2n) is 3.40. The predicted molar refractivity (Wildman–Crippen MR) is 62.3 cm³/mol. The summed E-state index contributed by atoms with van der Waals surface area (Å²) >= 11 is 0. The van der Waals surface area contributed by atoms with Crippen LogP contribution >= 0.6 is 0 Å². The van der Waals surface area contributed by atoms with Crippen LogP contribution in [0.25, 0.3) is 0 Å². The summed E-state index contributed by atoms with van der Waals surface area (Å²) in [6.45, 7) is 2.74. The van der Waals surface area contributed by atoms with Gasteiger partial charge in [-0.25, -0.2) is 17.2 Å². The first-order chi connectivity index (χ1) is 7.94. The second-order valence-corrected chi connectivity index (χ2v) is 5.24. The molecule has 0 aliphatic rings. The first kappa shape index (κ1) is 13.9. The molecule has 7 heteroatoms. The van der Waals surface area contributed by atoms with E-state index in [1.54, 1.807) is 0 Å². The maximum Gasteiger partial charge on any atom is 0.234 e. The largest absolute Gasteiger partial charge is 0.316 e. The molecule has 0 radical (unpaired) electrons. The molecule has 0 aliphatic carbocycles. The molecule has 0 aromatic heterocycles. The lowest BCUT2D eigenvalue weighted by Gasteiger charge is -2.09. The summed E-state index contributed by atoms with van der Waals surface area (Å²) in [4.78, 5) is 0. The second kappa shape index (κ2) is 5.92. The zero-order valence-corrected chi connectivity index (χ0v) is 10.2. The van der Waals surface area contributed by atoms with Gasteiger partial charge in [0, 0.05) is 12.6 Å². The fraction of sp³-hybridized carbons (Fsp3) is 0.400. The smallest absolute Gasteiger partial charge is 0.234 e. The summed E-state index contributed by atoms with van der Waals surface area (Å²) in [6.07, 6.45) is 0. The third-order valence-electron chi connectivity index (χ3n) is 1.99. The van der Waals surface area contributed by atoms with Crippen LogP contribution in [0.1, 0.15) is 6.92 Å². The van der Waals surface area contributed by atoms with Crippen molar-refractivity contribution in [1.82, 2.24) is 5.32 Å². The average Bonchev–Trinajstić information content (AvgIpc) is 2.23. The Balaban J connectivity index is 2.72. The molecule has 96 valence electrons. The van der Waals surface area contributed by atoms with Gasteiger partial charge in [0.2, 0.25) is 10.0 Å². The molecule has 2 N–H and O–H groups in total. The standard InChI is InChI=1S/C10H14F2N2O2S/c1-2-13-5-6-17(15,16)14-10-7-8(11)3-4-9(10)12/h3-4,7,13-14H,2,5-6H2,1H3. The zero-order valence-electron chi connectivity index (χ0n) is 9.33. The molecular formula is C10H14F2N2O2S. The van der Waals surface area contributed by atoms with Gasteiger partial charge < -0.3 is 5.32 Å². The van der Waals surface area contributed by atoms with E-state index in [0.717, 1.165) is 18.2 Å². The van der Waals surface area contributed by atoms with Crippen LogP contribution in [0.15, 0.2) is 18.2 Å². The molecule has 0 bridgehead atoms. The van der Waals surface area contributed by atoms with Gasteiger partial charge in [0.05, 0.1) is 11.4 Å².